The maximum Gasteiger partial charge on any atom is 0.349 e. The molecule has 0 spiro atoms. The molecule has 3 aromatic rings. The third kappa shape index (κ3) is 8.10. The van der Waals surface area contributed by atoms with Gasteiger partial charge in [-0.3, -0.25) is 4.79 Å². The molecule has 6 heteroatoms. The molecule has 0 aliphatic carbocycles. The number of ether oxygens (including phenoxy) is 2. The molecule has 0 saturated heterocycles. The number of anilines is 1. The zero-order valence-electron chi connectivity index (χ0n) is 22.6. The number of carbonyl (C=O) groups excluding carboxylic acids is 2. The van der Waals surface area contributed by atoms with E-state index in [1.807, 2.05) is 18.2 Å². The molecule has 1 amide bonds. The first-order valence-electron chi connectivity index (χ1n) is 12.5. The number of phenolic OH excluding ortho intramolecular Hbond substituents is 1. The molecule has 0 radical (unpaired) electrons. The molecule has 0 heterocycles. The van der Waals surface area contributed by atoms with Crippen molar-refractivity contribution < 1.29 is 24.2 Å². The van der Waals surface area contributed by atoms with Crippen molar-refractivity contribution in [2.75, 3.05) is 11.9 Å². The van der Waals surface area contributed by atoms with Crippen LogP contribution in [-0.4, -0.2) is 23.6 Å². The zero-order valence-corrected chi connectivity index (χ0v) is 22.6. The van der Waals surface area contributed by atoms with E-state index in [4.69, 9.17) is 9.47 Å². The number of esters is 1. The number of nitrogens with one attached hydrogen (secondary N) is 1. The Kier molecular flexibility index (Phi) is 8.64. The molecule has 37 heavy (non-hydrogen) atoms. The Hall–Kier alpha value is -3.80. The Morgan fingerprint density at radius 1 is 0.811 bits per heavy atom. The largest absolute Gasteiger partial charge is 0.507 e. The third-order valence-corrected chi connectivity index (χ3v) is 5.90. The molecule has 6 nitrogen and oxygen atoms in total. The predicted octanol–water partition coefficient (Wildman–Crippen LogP) is 6.54. The summed E-state index contributed by atoms with van der Waals surface area (Å²) in [6.45, 7) is 12.2. The minimum atomic E-state index is -0.498. The fraction of sp³-hybridized carbons (Fsp3) is 0.355. The van der Waals surface area contributed by atoms with Gasteiger partial charge in [0.05, 0.1) is 0 Å². The van der Waals surface area contributed by atoms with Gasteiger partial charge in [-0.15, -0.1) is 0 Å². The van der Waals surface area contributed by atoms with Crippen LogP contribution in [0.1, 0.15) is 64.7 Å². The minimum absolute atomic E-state index is 0.109. The van der Waals surface area contributed by atoms with E-state index in [2.05, 4.69) is 46.9 Å². The summed E-state index contributed by atoms with van der Waals surface area (Å²) in [5.74, 6) is 0.691. The molecule has 0 unspecified atom stereocenters. The molecule has 0 saturated carbocycles. The molecule has 0 fully saturated rings. The lowest BCUT2D eigenvalue weighted by Crippen LogP contribution is -2.18. The number of carbonyl (C=O) groups is 2. The SMILES string of the molecule is CC(C)(C)c1cc(CCC(=O)Nc2ccc(OCC(=O)Oc3ccccc3)cc2)cc(C(C)(C)C)c1O. The van der Waals surface area contributed by atoms with Crippen LogP contribution in [0, 0.1) is 0 Å². The number of phenols is 1. The molecule has 196 valence electrons. The van der Waals surface area contributed by atoms with Crippen LogP contribution < -0.4 is 14.8 Å². The van der Waals surface area contributed by atoms with Crippen LogP contribution in [0.25, 0.3) is 0 Å². The molecule has 3 aromatic carbocycles. The van der Waals surface area contributed by atoms with E-state index in [9.17, 15) is 14.7 Å². The first-order chi connectivity index (χ1) is 17.3. The van der Waals surface area contributed by atoms with E-state index in [1.165, 1.54) is 0 Å². The van der Waals surface area contributed by atoms with Crippen molar-refractivity contribution in [1.82, 2.24) is 0 Å². The zero-order chi connectivity index (χ0) is 27.2. The van der Waals surface area contributed by atoms with Gasteiger partial charge in [0.1, 0.15) is 17.2 Å². The summed E-state index contributed by atoms with van der Waals surface area (Å²) < 4.78 is 10.7. The highest BCUT2D eigenvalue weighted by Gasteiger charge is 2.26. The Bertz CT molecular complexity index is 1180. The van der Waals surface area contributed by atoms with Crippen molar-refractivity contribution in [2.45, 2.75) is 65.2 Å². The average Bonchev–Trinajstić information content (AvgIpc) is 2.82. The Balaban J connectivity index is 1.55. The average molecular weight is 504 g/mol. The van der Waals surface area contributed by atoms with Gasteiger partial charge in [0.25, 0.3) is 0 Å². The van der Waals surface area contributed by atoms with Gasteiger partial charge in [-0.25, -0.2) is 4.79 Å². The highest BCUT2D eigenvalue weighted by atomic mass is 16.6. The molecule has 0 bridgehead atoms. The number of aryl methyl sites for hydroxylation is 1. The first-order valence-corrected chi connectivity index (χ1v) is 12.5. The summed E-state index contributed by atoms with van der Waals surface area (Å²) in [6, 6.07) is 19.7. The van der Waals surface area contributed by atoms with Crippen LogP contribution in [0.15, 0.2) is 66.7 Å². The van der Waals surface area contributed by atoms with Crippen LogP contribution in [0.2, 0.25) is 0 Å². The lowest BCUT2D eigenvalue weighted by atomic mass is 9.78. The number of para-hydroxylation sites is 1. The topological polar surface area (TPSA) is 84.9 Å². The van der Waals surface area contributed by atoms with Crippen LogP contribution in [-0.2, 0) is 26.8 Å². The molecule has 0 aliphatic rings. The second-order valence-corrected chi connectivity index (χ2v) is 11.2. The smallest absolute Gasteiger partial charge is 0.349 e. The first kappa shape index (κ1) is 27.8. The second-order valence-electron chi connectivity index (χ2n) is 11.2. The summed E-state index contributed by atoms with van der Waals surface area (Å²) in [5.41, 5.74) is 3.00. The maximum atomic E-state index is 12.6. The molecule has 0 aliphatic heterocycles. The maximum absolute atomic E-state index is 12.6. The van der Waals surface area contributed by atoms with Gasteiger partial charge < -0.3 is 19.9 Å². The molecular weight excluding hydrogens is 466 g/mol. The number of hydrogen-bond acceptors (Lipinski definition) is 5. The molecular formula is C31H37NO5. The Morgan fingerprint density at radius 2 is 1.38 bits per heavy atom. The molecule has 2 N–H and O–H groups in total. The second kappa shape index (κ2) is 11.5. The van der Waals surface area contributed by atoms with Crippen LogP contribution in [0.3, 0.4) is 0 Å². The van der Waals surface area contributed by atoms with Gasteiger partial charge in [-0.1, -0.05) is 71.9 Å². The fourth-order valence-corrected chi connectivity index (χ4v) is 3.89. The third-order valence-electron chi connectivity index (χ3n) is 5.90. The predicted molar refractivity (Wildman–Crippen MR) is 146 cm³/mol. The molecule has 3 rings (SSSR count). The number of amides is 1. The number of aromatic hydroxyl groups is 1. The summed E-state index contributed by atoms with van der Waals surface area (Å²) in [6.07, 6.45) is 0.866. The van der Waals surface area contributed by atoms with E-state index < -0.39 is 5.97 Å². The summed E-state index contributed by atoms with van der Waals surface area (Å²) in [4.78, 5) is 24.6. The highest BCUT2D eigenvalue weighted by molar-refractivity contribution is 5.90. The van der Waals surface area contributed by atoms with Crippen molar-refractivity contribution in [1.29, 1.82) is 0 Å². The van der Waals surface area contributed by atoms with E-state index in [1.54, 1.807) is 48.5 Å². The molecule has 0 atom stereocenters. The number of rotatable bonds is 8. The van der Waals surface area contributed by atoms with Crippen molar-refractivity contribution in [3.05, 3.63) is 83.4 Å². The quantitative estimate of drug-likeness (QED) is 0.269. The standard InChI is InChI=1S/C31H37NO5/c1-30(2,3)25-18-21(19-26(29(25)35)31(4,5)6)12-17-27(33)32-22-13-15-23(16-14-22)36-20-28(34)37-24-10-8-7-9-11-24/h7-11,13-16,18-19,35H,12,17,20H2,1-6H3,(H,32,33). The lowest BCUT2D eigenvalue weighted by Gasteiger charge is -2.28. The van der Waals surface area contributed by atoms with Crippen molar-refractivity contribution in [2.24, 2.45) is 0 Å². The Morgan fingerprint density at radius 3 is 1.92 bits per heavy atom. The van der Waals surface area contributed by atoms with Crippen molar-refractivity contribution >= 4 is 17.6 Å². The minimum Gasteiger partial charge on any atom is -0.507 e. The lowest BCUT2D eigenvalue weighted by molar-refractivity contribution is -0.136. The monoisotopic (exact) mass is 503 g/mol. The van der Waals surface area contributed by atoms with Crippen LogP contribution in [0.4, 0.5) is 5.69 Å². The van der Waals surface area contributed by atoms with Crippen molar-refractivity contribution in [3.63, 3.8) is 0 Å². The van der Waals surface area contributed by atoms with Gasteiger partial charge in [0.15, 0.2) is 6.61 Å². The van der Waals surface area contributed by atoms with Gasteiger partial charge in [0, 0.05) is 12.1 Å². The van der Waals surface area contributed by atoms with Crippen molar-refractivity contribution in [3.8, 4) is 17.2 Å². The number of benzene rings is 3. The van der Waals surface area contributed by atoms with Gasteiger partial charge in [-0.05, 0) is 70.3 Å². The van der Waals surface area contributed by atoms with Gasteiger partial charge in [0.2, 0.25) is 5.91 Å². The normalized spacial score (nSPS) is 11.6. The summed E-state index contributed by atoms with van der Waals surface area (Å²) >= 11 is 0. The fourth-order valence-electron chi connectivity index (χ4n) is 3.89. The summed E-state index contributed by atoms with van der Waals surface area (Å²) in [7, 11) is 0. The van der Waals surface area contributed by atoms with Crippen LogP contribution in [0.5, 0.6) is 17.2 Å². The number of hydrogen-bond donors (Lipinski definition) is 2. The highest BCUT2D eigenvalue weighted by Crippen LogP contribution is 2.40. The Labute approximate surface area is 219 Å². The molecule has 0 aromatic heterocycles. The van der Waals surface area contributed by atoms with Gasteiger partial charge >= 0.3 is 5.97 Å². The van der Waals surface area contributed by atoms with Crippen LogP contribution >= 0.6 is 0 Å². The van der Waals surface area contributed by atoms with E-state index in [-0.39, 0.29) is 23.3 Å². The van der Waals surface area contributed by atoms with Gasteiger partial charge in [-0.2, -0.15) is 0 Å². The van der Waals surface area contributed by atoms with E-state index in [0.29, 0.717) is 35.8 Å². The van der Waals surface area contributed by atoms with E-state index in [0.717, 1.165) is 16.7 Å². The van der Waals surface area contributed by atoms with E-state index >= 15 is 0 Å². The summed E-state index contributed by atoms with van der Waals surface area (Å²) in [5, 5.41) is 13.8.